The molecular weight excluding hydrogens is 376 g/mol. The Morgan fingerprint density at radius 3 is 2.55 bits per heavy atom. The van der Waals surface area contributed by atoms with E-state index in [-0.39, 0.29) is 12.0 Å². The highest BCUT2D eigenvalue weighted by Gasteiger charge is 2.48. The van der Waals surface area contributed by atoms with E-state index < -0.39 is 18.2 Å². The lowest BCUT2D eigenvalue weighted by Gasteiger charge is -2.38. The molecule has 29 heavy (non-hydrogen) atoms. The summed E-state index contributed by atoms with van der Waals surface area (Å²) in [7, 11) is 1.67. The molecule has 1 N–H and O–H groups in total. The molecule has 3 aliphatic heterocycles. The highest BCUT2D eigenvalue weighted by molar-refractivity contribution is 6.04. The maximum absolute atomic E-state index is 12.6. The fourth-order valence-electron chi connectivity index (χ4n) is 3.88. The van der Waals surface area contributed by atoms with Crippen LogP contribution in [-0.4, -0.2) is 109 Å². The molecule has 3 heterocycles. The van der Waals surface area contributed by atoms with E-state index in [2.05, 4.69) is 29.0 Å². The average Bonchev–Trinajstić information content (AvgIpc) is 3.04. The molecule has 10 nitrogen and oxygen atoms in total. The van der Waals surface area contributed by atoms with E-state index in [1.165, 1.54) is 4.90 Å². The number of nitrogens with one attached hydrogen (secondary N) is 1. The number of carbonyl (C=O) groups is 3. The van der Waals surface area contributed by atoms with Gasteiger partial charge in [0.05, 0.1) is 13.2 Å². The zero-order valence-corrected chi connectivity index (χ0v) is 17.8. The van der Waals surface area contributed by atoms with Gasteiger partial charge in [0.1, 0.15) is 5.84 Å². The lowest BCUT2D eigenvalue weighted by molar-refractivity contribution is -0.127. The first-order chi connectivity index (χ1) is 13.8. The van der Waals surface area contributed by atoms with Crippen molar-refractivity contribution in [2.75, 3.05) is 52.9 Å². The first-order valence-corrected chi connectivity index (χ1v) is 10.4. The van der Waals surface area contributed by atoms with Crippen LogP contribution >= 0.6 is 0 Å². The third-order valence-electron chi connectivity index (χ3n) is 5.66. The van der Waals surface area contributed by atoms with E-state index in [1.54, 1.807) is 18.9 Å². The van der Waals surface area contributed by atoms with E-state index >= 15 is 0 Å². The molecular formula is C19H32N6O4. The van der Waals surface area contributed by atoms with E-state index in [9.17, 15) is 14.4 Å². The number of piperazine rings is 1. The van der Waals surface area contributed by atoms with Gasteiger partial charge in [0, 0.05) is 39.8 Å². The Hall–Kier alpha value is -2.36. The first-order valence-electron chi connectivity index (χ1n) is 10.4. The SMILES string of the molecule is CCOC(=O)N1CCN(CC2=NC3C(C(=O)NC(=O)N3C)N2CCC(C)C)CC1. The minimum absolute atomic E-state index is 0.272. The fourth-order valence-corrected chi connectivity index (χ4v) is 3.88. The maximum atomic E-state index is 12.6. The van der Waals surface area contributed by atoms with Crippen LogP contribution in [0.15, 0.2) is 4.99 Å². The Labute approximate surface area is 171 Å². The number of hydrogen-bond acceptors (Lipinski definition) is 7. The van der Waals surface area contributed by atoms with Gasteiger partial charge >= 0.3 is 12.1 Å². The van der Waals surface area contributed by atoms with Gasteiger partial charge in [-0.15, -0.1) is 0 Å². The Bertz CT molecular complexity index is 674. The number of amidine groups is 1. The lowest BCUT2D eigenvalue weighted by atomic mass is 10.1. The van der Waals surface area contributed by atoms with Crippen LogP contribution in [0.5, 0.6) is 0 Å². The summed E-state index contributed by atoms with van der Waals surface area (Å²) in [5.74, 6) is 1.05. The number of hydrogen-bond donors (Lipinski definition) is 1. The molecule has 0 aromatic carbocycles. The van der Waals surface area contributed by atoms with Gasteiger partial charge in [0.25, 0.3) is 5.91 Å². The van der Waals surface area contributed by atoms with Crippen LogP contribution in [-0.2, 0) is 9.53 Å². The van der Waals surface area contributed by atoms with Crippen LogP contribution in [0.1, 0.15) is 27.2 Å². The molecule has 4 amide bonds. The molecule has 0 aliphatic carbocycles. The van der Waals surface area contributed by atoms with E-state index in [0.29, 0.717) is 45.2 Å². The summed E-state index contributed by atoms with van der Waals surface area (Å²) in [6.07, 6.45) is 0.176. The van der Waals surface area contributed by atoms with Crippen LogP contribution in [0.2, 0.25) is 0 Å². The summed E-state index contributed by atoms with van der Waals surface area (Å²) >= 11 is 0. The van der Waals surface area contributed by atoms with Crippen molar-refractivity contribution < 1.29 is 19.1 Å². The number of amides is 4. The predicted molar refractivity (Wildman–Crippen MR) is 108 cm³/mol. The van der Waals surface area contributed by atoms with Crippen molar-refractivity contribution in [2.24, 2.45) is 10.9 Å². The number of carbonyl (C=O) groups excluding carboxylic acids is 3. The van der Waals surface area contributed by atoms with Crippen LogP contribution < -0.4 is 5.32 Å². The van der Waals surface area contributed by atoms with Crippen LogP contribution in [0, 0.1) is 5.92 Å². The number of imide groups is 1. The molecule has 162 valence electrons. The van der Waals surface area contributed by atoms with Gasteiger partial charge < -0.3 is 19.4 Å². The normalized spacial score (nSPS) is 25.3. The molecule has 10 heteroatoms. The Balaban J connectivity index is 1.68. The third kappa shape index (κ3) is 4.63. The summed E-state index contributed by atoms with van der Waals surface area (Å²) < 4.78 is 5.07. The minimum atomic E-state index is -0.487. The quantitative estimate of drug-likeness (QED) is 0.683. The Morgan fingerprint density at radius 2 is 1.93 bits per heavy atom. The Kier molecular flexibility index (Phi) is 6.61. The lowest BCUT2D eigenvalue weighted by Crippen LogP contribution is -2.64. The van der Waals surface area contributed by atoms with Gasteiger partial charge in [0.15, 0.2) is 12.2 Å². The van der Waals surface area contributed by atoms with Gasteiger partial charge in [-0.25, -0.2) is 14.6 Å². The summed E-state index contributed by atoms with van der Waals surface area (Å²) in [4.78, 5) is 48.7. The number of nitrogens with zero attached hydrogens (tertiary/aromatic N) is 5. The third-order valence-corrected chi connectivity index (χ3v) is 5.66. The summed E-state index contributed by atoms with van der Waals surface area (Å²) in [5, 5.41) is 2.43. The van der Waals surface area contributed by atoms with Crippen molar-refractivity contribution in [3.63, 3.8) is 0 Å². The number of likely N-dealkylation sites (N-methyl/N-ethyl adjacent to an activating group) is 1. The number of rotatable bonds is 6. The van der Waals surface area contributed by atoms with Gasteiger partial charge in [-0.2, -0.15) is 0 Å². The molecule has 2 atom stereocenters. The summed E-state index contributed by atoms with van der Waals surface area (Å²) in [6.45, 7) is 10.4. The van der Waals surface area contributed by atoms with Crippen molar-refractivity contribution >= 4 is 23.9 Å². The zero-order chi connectivity index (χ0) is 21.1. The van der Waals surface area contributed by atoms with Crippen molar-refractivity contribution in [1.82, 2.24) is 24.9 Å². The minimum Gasteiger partial charge on any atom is -0.450 e. The van der Waals surface area contributed by atoms with Gasteiger partial charge in [-0.1, -0.05) is 13.8 Å². The molecule has 3 rings (SSSR count). The van der Waals surface area contributed by atoms with Crippen LogP contribution in [0.25, 0.3) is 0 Å². The van der Waals surface area contributed by atoms with Crippen molar-refractivity contribution in [1.29, 1.82) is 0 Å². The molecule has 0 saturated carbocycles. The zero-order valence-electron chi connectivity index (χ0n) is 17.8. The second kappa shape index (κ2) is 8.98. The van der Waals surface area contributed by atoms with Gasteiger partial charge in [-0.05, 0) is 19.3 Å². The molecule has 0 radical (unpaired) electrons. The number of fused-ring (bicyclic) bond motifs is 1. The predicted octanol–water partition coefficient (Wildman–Crippen LogP) is 0.397. The monoisotopic (exact) mass is 408 g/mol. The van der Waals surface area contributed by atoms with E-state index in [1.807, 2.05) is 0 Å². The number of ether oxygens (including phenoxy) is 1. The molecule has 3 aliphatic rings. The van der Waals surface area contributed by atoms with E-state index in [0.717, 1.165) is 18.8 Å². The number of urea groups is 1. The highest BCUT2D eigenvalue weighted by Crippen LogP contribution is 2.25. The molecule has 2 saturated heterocycles. The fraction of sp³-hybridized carbons (Fsp3) is 0.789. The van der Waals surface area contributed by atoms with Crippen LogP contribution in [0.3, 0.4) is 0 Å². The molecule has 0 bridgehead atoms. The molecule has 0 aromatic rings. The maximum Gasteiger partial charge on any atom is 0.409 e. The molecule has 2 unspecified atom stereocenters. The second-order valence-corrected chi connectivity index (χ2v) is 8.15. The summed E-state index contributed by atoms with van der Waals surface area (Å²) in [5.41, 5.74) is 0. The molecule has 0 aromatic heterocycles. The smallest absolute Gasteiger partial charge is 0.409 e. The van der Waals surface area contributed by atoms with Crippen LogP contribution in [0.4, 0.5) is 9.59 Å². The molecule has 0 spiro atoms. The van der Waals surface area contributed by atoms with E-state index in [4.69, 9.17) is 9.73 Å². The van der Waals surface area contributed by atoms with Crippen molar-refractivity contribution in [2.45, 2.75) is 39.4 Å². The van der Waals surface area contributed by atoms with Gasteiger partial charge in [0.2, 0.25) is 0 Å². The highest BCUT2D eigenvalue weighted by atomic mass is 16.6. The molecule has 2 fully saturated rings. The summed E-state index contributed by atoms with van der Waals surface area (Å²) in [6, 6.07) is -0.889. The number of aliphatic imine (C=N–C) groups is 1. The second-order valence-electron chi connectivity index (χ2n) is 8.15. The van der Waals surface area contributed by atoms with Gasteiger partial charge in [-0.3, -0.25) is 15.0 Å². The average molecular weight is 409 g/mol. The Morgan fingerprint density at radius 1 is 1.24 bits per heavy atom. The van der Waals surface area contributed by atoms with Crippen molar-refractivity contribution in [3.8, 4) is 0 Å². The first kappa shape index (κ1) is 21.4. The van der Waals surface area contributed by atoms with Crippen molar-refractivity contribution in [3.05, 3.63) is 0 Å². The largest absolute Gasteiger partial charge is 0.450 e. The topological polar surface area (TPSA) is 97.8 Å². The standard InChI is InChI=1S/C19H32N6O4/c1-5-29-19(28)24-10-8-23(9-11-24)12-14-20-16-15(25(14)7-6-13(2)3)17(26)21-18(27)22(16)4/h13,15-16H,5-12H2,1-4H3,(H,21,26,27).